The first-order valence-corrected chi connectivity index (χ1v) is 12.2. The van der Waals surface area contributed by atoms with Crippen LogP contribution in [0, 0.1) is 0 Å². The molecule has 1 fully saturated rings. The van der Waals surface area contributed by atoms with Crippen LogP contribution in [0.25, 0.3) is 0 Å². The van der Waals surface area contributed by atoms with Gasteiger partial charge in [-0.2, -0.15) is 0 Å². The van der Waals surface area contributed by atoms with E-state index in [9.17, 15) is 24.0 Å². The Bertz CT molecular complexity index is 793. The van der Waals surface area contributed by atoms with Gasteiger partial charge in [0, 0.05) is 40.8 Å². The second-order valence-corrected chi connectivity index (χ2v) is 8.51. The van der Waals surface area contributed by atoms with E-state index in [0.29, 0.717) is 25.8 Å². The van der Waals surface area contributed by atoms with Crippen molar-refractivity contribution in [2.45, 2.75) is 83.7 Å². The molecule has 38 heavy (non-hydrogen) atoms. The standard InChI is InChI=1S/C23H38N2O13/c1-13(27)25-19-21(37-16(4)30)20(36-15(3)29)18(12-34-14(2)28)38-22(19)33-9-7-5-6-8-24-23(32)35-11-17(31)10-26/h17-22,26,31H,5-12H2,1-4H3,(H,24,32)(H,25,27)/t17-,18+,19+,20-,21+,22+/m0/s1. The summed E-state index contributed by atoms with van der Waals surface area (Å²) in [7, 11) is 0. The Morgan fingerprint density at radius 2 is 1.55 bits per heavy atom. The van der Waals surface area contributed by atoms with Gasteiger partial charge in [0.15, 0.2) is 18.5 Å². The number of carbonyl (C=O) groups excluding carboxylic acids is 5. The highest BCUT2D eigenvalue weighted by molar-refractivity contribution is 5.73. The van der Waals surface area contributed by atoms with Crippen LogP contribution in [-0.2, 0) is 47.6 Å². The van der Waals surface area contributed by atoms with Crippen molar-refractivity contribution >= 4 is 29.9 Å². The zero-order chi connectivity index (χ0) is 28.7. The minimum Gasteiger partial charge on any atom is -0.463 e. The van der Waals surface area contributed by atoms with Crippen LogP contribution >= 0.6 is 0 Å². The zero-order valence-corrected chi connectivity index (χ0v) is 22.0. The second-order valence-electron chi connectivity index (χ2n) is 8.51. The van der Waals surface area contributed by atoms with E-state index in [0.717, 1.165) is 13.8 Å². The van der Waals surface area contributed by atoms with E-state index in [1.54, 1.807) is 0 Å². The highest BCUT2D eigenvalue weighted by atomic mass is 16.7. The third-order valence-corrected chi connectivity index (χ3v) is 5.06. The number of alkyl carbamates (subject to hydrolysis) is 1. The molecule has 15 nitrogen and oxygen atoms in total. The number of nitrogens with one attached hydrogen (secondary N) is 2. The van der Waals surface area contributed by atoms with Gasteiger partial charge in [0.25, 0.3) is 0 Å². The molecule has 1 heterocycles. The van der Waals surface area contributed by atoms with E-state index in [4.69, 9.17) is 38.6 Å². The molecule has 0 saturated carbocycles. The number of amides is 2. The molecule has 6 atom stereocenters. The van der Waals surface area contributed by atoms with Crippen molar-refractivity contribution in [3.05, 3.63) is 0 Å². The molecule has 0 spiro atoms. The lowest BCUT2D eigenvalue weighted by molar-refractivity contribution is -0.277. The number of hydrogen-bond acceptors (Lipinski definition) is 13. The van der Waals surface area contributed by atoms with Crippen molar-refractivity contribution < 1.29 is 62.6 Å². The van der Waals surface area contributed by atoms with Gasteiger partial charge >= 0.3 is 24.0 Å². The molecule has 0 unspecified atom stereocenters. The second kappa shape index (κ2) is 17.5. The normalized spacial score (nSPS) is 23.5. The summed E-state index contributed by atoms with van der Waals surface area (Å²) in [6, 6.07) is -1.04. The molecular weight excluding hydrogens is 512 g/mol. The Morgan fingerprint density at radius 3 is 2.13 bits per heavy atom. The average Bonchev–Trinajstić information content (AvgIpc) is 2.83. The lowest BCUT2D eigenvalue weighted by Crippen LogP contribution is -2.66. The molecule has 1 aliphatic rings. The number of rotatable bonds is 15. The first kappa shape index (κ1) is 33.0. The van der Waals surface area contributed by atoms with Crippen molar-refractivity contribution in [3.63, 3.8) is 0 Å². The van der Waals surface area contributed by atoms with Gasteiger partial charge in [-0.15, -0.1) is 0 Å². The Kier molecular flexibility index (Phi) is 15.2. The van der Waals surface area contributed by atoms with Crippen LogP contribution in [0.5, 0.6) is 0 Å². The SMILES string of the molecule is CC(=O)N[C@H]1[C@H](OCCCCCNC(=O)OC[C@@H](O)CO)O[C@H](COC(C)=O)[C@H](OC(C)=O)[C@@H]1OC(C)=O. The predicted molar refractivity (Wildman–Crippen MR) is 126 cm³/mol. The summed E-state index contributed by atoms with van der Waals surface area (Å²) in [6.45, 7) is 4.02. The fourth-order valence-electron chi connectivity index (χ4n) is 3.50. The Labute approximate surface area is 220 Å². The van der Waals surface area contributed by atoms with Crippen LogP contribution in [0.3, 0.4) is 0 Å². The molecule has 0 aliphatic carbocycles. The molecule has 1 saturated heterocycles. The topological polar surface area (TPSA) is 205 Å². The van der Waals surface area contributed by atoms with Gasteiger partial charge < -0.3 is 49.3 Å². The highest BCUT2D eigenvalue weighted by Gasteiger charge is 2.51. The Hall–Kier alpha value is -3.01. The van der Waals surface area contributed by atoms with Crippen molar-refractivity contribution in [2.24, 2.45) is 0 Å². The van der Waals surface area contributed by atoms with Gasteiger partial charge in [0.2, 0.25) is 5.91 Å². The summed E-state index contributed by atoms with van der Waals surface area (Å²) in [4.78, 5) is 58.4. The maximum atomic E-state index is 11.9. The maximum Gasteiger partial charge on any atom is 0.407 e. The van der Waals surface area contributed by atoms with Gasteiger partial charge in [-0.1, -0.05) is 0 Å². The van der Waals surface area contributed by atoms with Gasteiger partial charge in [-0.05, 0) is 19.3 Å². The Balaban J connectivity index is 2.76. The molecule has 0 aromatic heterocycles. The molecule has 0 aromatic carbocycles. The van der Waals surface area contributed by atoms with Crippen LogP contribution in [0.15, 0.2) is 0 Å². The minimum absolute atomic E-state index is 0.152. The van der Waals surface area contributed by atoms with E-state index < -0.39 is 73.3 Å². The van der Waals surface area contributed by atoms with Crippen LogP contribution < -0.4 is 10.6 Å². The first-order chi connectivity index (χ1) is 17.9. The molecule has 218 valence electrons. The van der Waals surface area contributed by atoms with E-state index >= 15 is 0 Å². The minimum atomic E-state index is -1.20. The summed E-state index contributed by atoms with van der Waals surface area (Å²) in [5.41, 5.74) is 0. The molecule has 1 rings (SSSR count). The van der Waals surface area contributed by atoms with Crippen LogP contribution in [0.2, 0.25) is 0 Å². The first-order valence-electron chi connectivity index (χ1n) is 12.2. The monoisotopic (exact) mass is 550 g/mol. The molecule has 0 radical (unpaired) electrons. The average molecular weight is 551 g/mol. The van der Waals surface area contributed by atoms with Crippen molar-refractivity contribution in [2.75, 3.05) is 33.0 Å². The lowest BCUT2D eigenvalue weighted by atomic mass is 9.96. The number of unbranched alkanes of at least 4 members (excludes halogenated alkanes) is 2. The van der Waals surface area contributed by atoms with E-state index in [1.807, 2.05) is 0 Å². The van der Waals surface area contributed by atoms with Crippen molar-refractivity contribution in [1.29, 1.82) is 0 Å². The third kappa shape index (κ3) is 13.0. The van der Waals surface area contributed by atoms with Crippen molar-refractivity contribution in [1.82, 2.24) is 10.6 Å². The van der Waals surface area contributed by atoms with E-state index in [1.165, 1.54) is 13.8 Å². The van der Waals surface area contributed by atoms with Crippen LogP contribution in [-0.4, -0.2) is 110 Å². The fourth-order valence-corrected chi connectivity index (χ4v) is 3.50. The predicted octanol–water partition coefficient (Wildman–Crippen LogP) is -1.09. The van der Waals surface area contributed by atoms with Crippen LogP contribution in [0.1, 0.15) is 47.0 Å². The maximum absolute atomic E-state index is 11.9. The molecule has 4 N–H and O–H groups in total. The van der Waals surface area contributed by atoms with Gasteiger partial charge in [-0.3, -0.25) is 19.2 Å². The highest BCUT2D eigenvalue weighted by Crippen LogP contribution is 2.28. The summed E-state index contributed by atoms with van der Waals surface area (Å²) in [6.07, 6.45) is -4.73. The zero-order valence-electron chi connectivity index (χ0n) is 22.0. The summed E-state index contributed by atoms with van der Waals surface area (Å²) in [5, 5.41) is 23.0. The van der Waals surface area contributed by atoms with E-state index in [2.05, 4.69) is 10.6 Å². The number of aliphatic hydroxyl groups is 2. The molecular formula is C23H38N2O13. The van der Waals surface area contributed by atoms with Crippen LogP contribution in [0.4, 0.5) is 4.79 Å². The molecule has 1 aliphatic heterocycles. The van der Waals surface area contributed by atoms with E-state index in [-0.39, 0.29) is 19.8 Å². The quantitative estimate of drug-likeness (QED) is 0.109. The number of carbonyl (C=O) groups is 5. The fraction of sp³-hybridized carbons (Fsp3) is 0.783. The number of hydrogen-bond donors (Lipinski definition) is 4. The lowest BCUT2D eigenvalue weighted by Gasteiger charge is -2.44. The molecule has 15 heteroatoms. The van der Waals surface area contributed by atoms with Gasteiger partial charge in [0.1, 0.15) is 31.5 Å². The number of esters is 3. The smallest absolute Gasteiger partial charge is 0.407 e. The number of ether oxygens (including phenoxy) is 6. The van der Waals surface area contributed by atoms with Gasteiger partial charge in [-0.25, -0.2) is 4.79 Å². The summed E-state index contributed by atoms with van der Waals surface area (Å²) < 4.78 is 32.2. The number of aliphatic hydroxyl groups excluding tert-OH is 2. The summed E-state index contributed by atoms with van der Waals surface area (Å²) in [5.74, 6) is -2.49. The molecule has 2 amide bonds. The van der Waals surface area contributed by atoms with Crippen molar-refractivity contribution in [3.8, 4) is 0 Å². The Morgan fingerprint density at radius 1 is 0.895 bits per heavy atom. The molecule has 0 bridgehead atoms. The summed E-state index contributed by atoms with van der Waals surface area (Å²) >= 11 is 0. The third-order valence-electron chi connectivity index (χ3n) is 5.06. The van der Waals surface area contributed by atoms with Gasteiger partial charge in [0.05, 0.1) is 6.61 Å². The molecule has 0 aromatic rings. The largest absolute Gasteiger partial charge is 0.463 e.